The van der Waals surface area contributed by atoms with Gasteiger partial charge >= 0.3 is 0 Å². The molecule has 0 saturated heterocycles. The number of carbonyl (C=O) groups is 1. The molecule has 0 saturated carbocycles. The Morgan fingerprint density at radius 2 is 1.50 bits per heavy atom. The lowest BCUT2D eigenvalue weighted by molar-refractivity contribution is -0.117. The van der Waals surface area contributed by atoms with E-state index in [0.717, 1.165) is 29.0 Å². The molecule has 1 N–H and O–H groups in total. The van der Waals surface area contributed by atoms with Crippen molar-refractivity contribution >= 4 is 12.0 Å². The van der Waals surface area contributed by atoms with Crippen LogP contribution in [0.25, 0.3) is 6.08 Å². The second kappa shape index (κ2) is 9.66. The largest absolute Gasteiger partial charge is 0.497 e. The molecule has 26 heavy (non-hydrogen) atoms. The second-order valence-electron chi connectivity index (χ2n) is 6.57. The van der Waals surface area contributed by atoms with Gasteiger partial charge in [0.2, 0.25) is 5.91 Å². The zero-order chi connectivity index (χ0) is 18.9. The summed E-state index contributed by atoms with van der Waals surface area (Å²) in [5, 5.41) is 3.10. The Kier molecular flexibility index (Phi) is 7.27. The molecule has 4 nitrogen and oxygen atoms in total. The van der Waals surface area contributed by atoms with Crippen LogP contribution in [0.3, 0.4) is 0 Å². The van der Waals surface area contributed by atoms with Crippen molar-refractivity contribution in [2.24, 2.45) is 5.92 Å². The summed E-state index contributed by atoms with van der Waals surface area (Å²) in [6.07, 6.45) is 4.24. The predicted octanol–water partition coefficient (Wildman–Crippen LogP) is 4.62. The van der Waals surface area contributed by atoms with Gasteiger partial charge in [-0.05, 0) is 53.8 Å². The SMILES string of the molecule is COc1ccc(/C=C/C(=O)N[C@@H](CC(C)C)c2ccc(OC)cc2)cc1. The summed E-state index contributed by atoms with van der Waals surface area (Å²) in [5.74, 6) is 1.96. The lowest BCUT2D eigenvalue weighted by Crippen LogP contribution is -2.27. The number of carbonyl (C=O) groups excluding carboxylic acids is 1. The molecule has 138 valence electrons. The summed E-state index contributed by atoms with van der Waals surface area (Å²) in [6.45, 7) is 4.30. The molecule has 0 aliphatic heterocycles. The molecule has 0 spiro atoms. The Morgan fingerprint density at radius 1 is 0.962 bits per heavy atom. The van der Waals surface area contributed by atoms with E-state index in [9.17, 15) is 4.79 Å². The van der Waals surface area contributed by atoms with Gasteiger partial charge in [0.05, 0.1) is 20.3 Å². The summed E-state index contributed by atoms with van der Waals surface area (Å²) in [5.41, 5.74) is 2.02. The Balaban J connectivity index is 2.05. The first kappa shape index (κ1) is 19.6. The second-order valence-corrected chi connectivity index (χ2v) is 6.57. The standard InChI is InChI=1S/C22H27NO3/c1-16(2)15-21(18-8-12-20(26-4)13-9-18)23-22(24)14-7-17-5-10-19(25-3)11-6-17/h5-14,16,21H,15H2,1-4H3,(H,23,24)/b14-7+/t21-/m0/s1. The number of amides is 1. The third kappa shape index (κ3) is 5.96. The van der Waals surface area contributed by atoms with Crippen molar-refractivity contribution < 1.29 is 14.3 Å². The van der Waals surface area contributed by atoms with E-state index in [2.05, 4.69) is 19.2 Å². The van der Waals surface area contributed by atoms with E-state index in [1.165, 1.54) is 0 Å². The third-order valence-corrected chi connectivity index (χ3v) is 4.08. The summed E-state index contributed by atoms with van der Waals surface area (Å²) in [6, 6.07) is 15.4. The lowest BCUT2D eigenvalue weighted by Gasteiger charge is -2.20. The Morgan fingerprint density at radius 3 is 2.00 bits per heavy atom. The number of hydrogen-bond donors (Lipinski definition) is 1. The van der Waals surface area contributed by atoms with E-state index < -0.39 is 0 Å². The Hall–Kier alpha value is -2.75. The molecule has 4 heteroatoms. The van der Waals surface area contributed by atoms with E-state index in [0.29, 0.717) is 5.92 Å². The molecule has 0 fully saturated rings. The number of hydrogen-bond acceptors (Lipinski definition) is 3. The molecule has 0 bridgehead atoms. The highest BCUT2D eigenvalue weighted by atomic mass is 16.5. The number of ether oxygens (including phenoxy) is 2. The molecule has 1 amide bonds. The van der Waals surface area contributed by atoms with Crippen LogP contribution in [0.1, 0.15) is 37.4 Å². The van der Waals surface area contributed by atoms with Crippen molar-refractivity contribution in [3.63, 3.8) is 0 Å². The first-order valence-corrected chi connectivity index (χ1v) is 8.78. The zero-order valence-corrected chi connectivity index (χ0v) is 15.9. The third-order valence-electron chi connectivity index (χ3n) is 4.08. The van der Waals surface area contributed by atoms with E-state index in [-0.39, 0.29) is 11.9 Å². The normalized spacial score (nSPS) is 12.2. The first-order chi connectivity index (χ1) is 12.5. The fraction of sp³-hybridized carbons (Fsp3) is 0.318. The average Bonchev–Trinajstić information content (AvgIpc) is 2.66. The molecule has 0 unspecified atom stereocenters. The van der Waals surface area contributed by atoms with Crippen molar-refractivity contribution in [3.8, 4) is 11.5 Å². The maximum atomic E-state index is 12.4. The van der Waals surface area contributed by atoms with Crippen LogP contribution in [0.4, 0.5) is 0 Å². The number of benzene rings is 2. The van der Waals surface area contributed by atoms with Crippen LogP contribution in [0.15, 0.2) is 54.6 Å². The maximum Gasteiger partial charge on any atom is 0.244 e. The van der Waals surface area contributed by atoms with Gasteiger partial charge in [0, 0.05) is 6.08 Å². The van der Waals surface area contributed by atoms with Gasteiger partial charge in [0.1, 0.15) is 11.5 Å². The number of nitrogens with one attached hydrogen (secondary N) is 1. The summed E-state index contributed by atoms with van der Waals surface area (Å²) < 4.78 is 10.3. The number of methoxy groups -OCH3 is 2. The van der Waals surface area contributed by atoms with E-state index in [1.54, 1.807) is 26.4 Å². The highest BCUT2D eigenvalue weighted by Gasteiger charge is 2.15. The summed E-state index contributed by atoms with van der Waals surface area (Å²) >= 11 is 0. The van der Waals surface area contributed by atoms with Gasteiger partial charge in [-0.15, -0.1) is 0 Å². The average molecular weight is 353 g/mol. The van der Waals surface area contributed by atoms with Crippen LogP contribution < -0.4 is 14.8 Å². The van der Waals surface area contributed by atoms with Crippen molar-refractivity contribution in [1.29, 1.82) is 0 Å². The zero-order valence-electron chi connectivity index (χ0n) is 15.9. The fourth-order valence-corrected chi connectivity index (χ4v) is 2.69. The maximum absolute atomic E-state index is 12.4. The first-order valence-electron chi connectivity index (χ1n) is 8.78. The minimum absolute atomic E-state index is 0.0334. The van der Waals surface area contributed by atoms with Crippen LogP contribution in [0, 0.1) is 5.92 Å². The van der Waals surface area contributed by atoms with Crippen LogP contribution in [-0.4, -0.2) is 20.1 Å². The molecule has 0 radical (unpaired) electrons. The molecule has 0 aliphatic rings. The van der Waals surface area contributed by atoms with Gasteiger partial charge < -0.3 is 14.8 Å². The molecular weight excluding hydrogens is 326 g/mol. The molecule has 0 aliphatic carbocycles. The van der Waals surface area contributed by atoms with Crippen molar-refractivity contribution in [3.05, 3.63) is 65.7 Å². The summed E-state index contributed by atoms with van der Waals surface area (Å²) in [4.78, 5) is 12.4. The minimum Gasteiger partial charge on any atom is -0.497 e. The van der Waals surface area contributed by atoms with Gasteiger partial charge in [-0.1, -0.05) is 38.1 Å². The Labute approximate surface area is 155 Å². The molecule has 0 heterocycles. The van der Waals surface area contributed by atoms with Gasteiger partial charge in [-0.25, -0.2) is 0 Å². The molecule has 2 rings (SSSR count). The summed E-state index contributed by atoms with van der Waals surface area (Å²) in [7, 11) is 3.28. The van der Waals surface area contributed by atoms with E-state index >= 15 is 0 Å². The van der Waals surface area contributed by atoms with E-state index in [4.69, 9.17) is 9.47 Å². The topological polar surface area (TPSA) is 47.6 Å². The fourth-order valence-electron chi connectivity index (χ4n) is 2.69. The predicted molar refractivity (Wildman–Crippen MR) is 105 cm³/mol. The van der Waals surface area contributed by atoms with Crippen molar-refractivity contribution in [2.75, 3.05) is 14.2 Å². The van der Waals surface area contributed by atoms with Gasteiger partial charge in [0.15, 0.2) is 0 Å². The molecule has 2 aromatic rings. The van der Waals surface area contributed by atoms with Gasteiger partial charge in [0.25, 0.3) is 0 Å². The van der Waals surface area contributed by atoms with Crippen LogP contribution in [-0.2, 0) is 4.79 Å². The minimum atomic E-state index is -0.109. The van der Waals surface area contributed by atoms with Crippen LogP contribution in [0.2, 0.25) is 0 Å². The van der Waals surface area contributed by atoms with Crippen LogP contribution >= 0.6 is 0 Å². The molecule has 0 aromatic heterocycles. The highest BCUT2D eigenvalue weighted by Crippen LogP contribution is 2.23. The lowest BCUT2D eigenvalue weighted by atomic mass is 9.97. The number of rotatable bonds is 8. The van der Waals surface area contributed by atoms with E-state index in [1.807, 2.05) is 48.5 Å². The van der Waals surface area contributed by atoms with Gasteiger partial charge in [-0.2, -0.15) is 0 Å². The Bertz CT molecular complexity index is 718. The molecular formula is C22H27NO3. The molecule has 2 aromatic carbocycles. The quantitative estimate of drug-likeness (QED) is 0.705. The van der Waals surface area contributed by atoms with Gasteiger partial charge in [-0.3, -0.25) is 4.79 Å². The molecule has 1 atom stereocenters. The van der Waals surface area contributed by atoms with Crippen LogP contribution in [0.5, 0.6) is 11.5 Å². The van der Waals surface area contributed by atoms with Crippen molar-refractivity contribution in [1.82, 2.24) is 5.32 Å². The highest BCUT2D eigenvalue weighted by molar-refractivity contribution is 5.92. The van der Waals surface area contributed by atoms with Crippen molar-refractivity contribution in [2.45, 2.75) is 26.3 Å². The monoisotopic (exact) mass is 353 g/mol. The smallest absolute Gasteiger partial charge is 0.244 e.